The largest absolute Gasteiger partial charge is 1.00 e. The fraction of sp³-hybridized carbons (Fsp3) is 0.270. The first-order chi connectivity index (χ1) is 71.8. The molecular weight excluding hydrogens is 1950 g/mol. The Hall–Kier alpha value is -16.7. The van der Waals surface area contributed by atoms with Gasteiger partial charge in [-0.15, -0.1) is 0 Å². The number of carboxylic acid groups (broad SMARTS) is 6. The van der Waals surface area contributed by atoms with Crippen molar-refractivity contribution < 1.29 is 196 Å². The molecule has 0 aliphatic rings. The van der Waals surface area contributed by atoms with Gasteiger partial charge in [-0.25, -0.2) is 0 Å². The number of phenols is 6. The van der Waals surface area contributed by atoms with Gasteiger partial charge in [0.05, 0.1) is 135 Å². The van der Waals surface area contributed by atoms with Gasteiger partial charge in [0, 0.05) is 38.1 Å². The first-order valence-corrected chi connectivity index (χ1v) is 47.7. The Morgan fingerprint density at radius 3 is 0.647 bits per heavy atom. The molecule has 786 valence electrons. The molecular formula is C115H121NaO34. The van der Waals surface area contributed by atoms with E-state index in [2.05, 4.69) is 0 Å². The van der Waals surface area contributed by atoms with Crippen molar-refractivity contribution >= 4 is 70.5 Å². The van der Waals surface area contributed by atoms with E-state index in [1.807, 2.05) is 0 Å². The molecule has 0 spiro atoms. The minimum Gasteiger partial charge on any atom is -0.550 e. The predicted octanol–water partition coefficient (Wildman–Crippen LogP) is 16.4. The van der Waals surface area contributed by atoms with Gasteiger partial charge in [0.15, 0.2) is 17.3 Å². The summed E-state index contributed by atoms with van der Waals surface area (Å²) in [4.78, 5) is 139. The first-order valence-electron chi connectivity index (χ1n) is 47.7. The van der Waals surface area contributed by atoms with Gasteiger partial charge in [0.25, 0.3) is 0 Å². The molecule has 0 saturated heterocycles. The second-order valence-electron chi connectivity index (χ2n) is 32.8. The van der Waals surface area contributed by atoms with Gasteiger partial charge >= 0.3 is 59.4 Å². The van der Waals surface area contributed by atoms with Crippen molar-refractivity contribution in [1.82, 2.24) is 0 Å². The van der Waals surface area contributed by atoms with Crippen LogP contribution in [0.2, 0.25) is 0 Å². The van der Waals surface area contributed by atoms with E-state index >= 15 is 0 Å². The Morgan fingerprint density at radius 2 is 0.380 bits per heavy atom. The Kier molecular flexibility index (Phi) is 54.6. The van der Waals surface area contributed by atoms with Crippen LogP contribution in [0.15, 0.2) is 267 Å². The number of aliphatic carboxylic acids is 6. The summed E-state index contributed by atoms with van der Waals surface area (Å²) >= 11 is 0. The Balaban J connectivity index is 0.000000274. The summed E-state index contributed by atoms with van der Waals surface area (Å²) < 4.78 is 54.5. The molecule has 0 aromatic heterocycles. The summed E-state index contributed by atoms with van der Waals surface area (Å²) in [6.07, 6.45) is 10.3. The number of para-hydroxylation sites is 8. The van der Waals surface area contributed by atoms with E-state index in [9.17, 15) is 93.3 Å². The number of hydrogen-bond acceptors (Lipinski definition) is 29. The quantitative estimate of drug-likeness (QED) is 0.00958. The zero-order chi connectivity index (χ0) is 108. The number of benzene rings is 12. The maximum Gasteiger partial charge on any atom is 1.00 e. The summed E-state index contributed by atoms with van der Waals surface area (Å²) in [5.74, 6) is -3.66. The number of ketones is 6. The van der Waals surface area contributed by atoms with Crippen molar-refractivity contribution in [3.8, 4) is 92.0 Å². The molecule has 12 rings (SSSR count). The number of phenolic OH excluding ortho intramolecular Hbond substituents is 6. The van der Waals surface area contributed by atoms with Gasteiger partial charge in [-0.2, -0.15) is 0 Å². The SMILES string of the molecule is COc1ccc(O)c(C(=O)c2cc(OC)ccc2OCCCCC(=O)O)c1.COc1ccc(OCCCC(=O)O)c(C(=O)c2ccccc2O)c1.COc1ccc(OCCCCC(=O)O)c(C(=O)c2ccccc2O)c1.O=C(O)CCCCCOc1ccccc1C(=O)c1ccccc1O.O=C(O)CCCCOc1ccccc1C(=O)c1ccccc1O.O=C([O-])CCCCCCCOc1ccccc1C(=O)c1ccccc1O.[Na+]. The molecule has 12 aromatic carbocycles. The molecule has 11 N–H and O–H groups in total. The molecule has 0 aliphatic heterocycles. The van der Waals surface area contributed by atoms with Crippen LogP contribution in [0, 0.1) is 0 Å². The Bertz CT molecular complexity index is 6430. The smallest absolute Gasteiger partial charge is 0.550 e. The molecule has 150 heavy (non-hydrogen) atoms. The third-order valence-corrected chi connectivity index (χ3v) is 21.9. The van der Waals surface area contributed by atoms with Crippen LogP contribution in [0.1, 0.15) is 230 Å². The minimum atomic E-state index is -1.00. The molecule has 0 radical (unpaired) electrons. The van der Waals surface area contributed by atoms with Crippen molar-refractivity contribution in [2.75, 3.05) is 68.1 Å². The maximum atomic E-state index is 13.0. The van der Waals surface area contributed by atoms with E-state index in [-0.39, 0.29) is 189 Å². The van der Waals surface area contributed by atoms with Gasteiger partial charge < -0.3 is 113 Å². The molecule has 0 heterocycles. The van der Waals surface area contributed by atoms with Crippen LogP contribution in [0.25, 0.3) is 0 Å². The molecule has 0 fully saturated rings. The van der Waals surface area contributed by atoms with Crippen LogP contribution in [-0.2, 0) is 28.8 Å². The average molecular weight is 2070 g/mol. The van der Waals surface area contributed by atoms with E-state index < -0.39 is 47.4 Å². The Labute approximate surface area is 889 Å². The van der Waals surface area contributed by atoms with Gasteiger partial charge in [0.2, 0.25) is 17.3 Å². The fourth-order valence-corrected chi connectivity index (χ4v) is 14.1. The number of hydrogen-bond donors (Lipinski definition) is 11. The van der Waals surface area contributed by atoms with E-state index in [1.54, 1.807) is 200 Å². The standard InChI is InChI=1S/C21H24O5.C20H22O7.C19H20O6.C19H20O5.C18H18O6.C18H18O5.Na/c22-18-12-7-5-10-16(18)21(25)17-11-6-8-13-19(17)26-15-9-3-1-2-4-14-20(23)24;1-25-13-6-8-17(21)15(11-13)20(24)16-12-14(26-2)7-9-18(16)27-10-4-3-5-19(22)23;1-24-13-9-10-17(25-11-5-4-8-18(21)22)15(12-13)19(23)14-6-2-3-7-16(14)20;20-16-10-5-3-8-14(16)19(23)15-9-4-6-11-17(15)24-13-7-1-2-12-18(21)22;1-23-12-8-9-16(24-10-4-7-17(20)21)14(11-12)18(22)13-5-2-3-6-15(13)19;19-15-9-3-1-7-13(15)18(22)14-8-2-4-10-16(14)23-12-6-5-11-17(20)21;/h5-8,10-13,22H,1-4,9,14-15H2,(H,23,24);6-9,11-12,21H,3-5,10H2,1-2H3,(H,22,23);2-3,6-7,9-10,12,20H,4-5,8,11H2,1H3,(H,21,22);3-6,8-11,20H,1-2,7,12-13H2,(H,21,22);2-3,5-6,8-9,11,19H,4,7,10H2,1H3,(H,20,21);1-4,7-10,19H,5-6,11-12H2,(H,20,21);/q;;;;;;+1/p-1. The predicted molar refractivity (Wildman–Crippen MR) is 547 cm³/mol. The molecule has 12 aromatic rings. The zero-order valence-electron chi connectivity index (χ0n) is 83.8. The molecule has 35 heteroatoms. The summed E-state index contributed by atoms with van der Waals surface area (Å²) in [5, 5.41) is 113. The molecule has 0 aliphatic carbocycles. The zero-order valence-corrected chi connectivity index (χ0v) is 85.8. The number of rotatable bonds is 55. The number of carbonyl (C=O) groups excluding carboxylic acids is 7. The molecule has 0 amide bonds. The third-order valence-electron chi connectivity index (χ3n) is 21.9. The van der Waals surface area contributed by atoms with Crippen molar-refractivity contribution in [2.24, 2.45) is 0 Å². The number of unbranched alkanes of at least 4 members (excludes halogenated alkanes) is 9. The van der Waals surface area contributed by atoms with Crippen molar-refractivity contribution in [3.05, 3.63) is 334 Å². The van der Waals surface area contributed by atoms with E-state index in [0.29, 0.717) is 165 Å². The van der Waals surface area contributed by atoms with Gasteiger partial charge in [-0.1, -0.05) is 116 Å². The van der Waals surface area contributed by atoms with Crippen LogP contribution in [0.3, 0.4) is 0 Å². The first kappa shape index (κ1) is 122. The number of carbonyl (C=O) groups is 12. The van der Waals surface area contributed by atoms with Crippen LogP contribution >= 0.6 is 0 Å². The van der Waals surface area contributed by atoms with Gasteiger partial charge in [0.1, 0.15) is 92.0 Å². The topological polar surface area (TPSA) is 543 Å². The third kappa shape index (κ3) is 42.0. The van der Waals surface area contributed by atoms with Crippen LogP contribution in [-0.4, -0.2) is 195 Å². The number of methoxy groups -OCH3 is 4. The summed E-state index contributed by atoms with van der Waals surface area (Å²) in [6, 6.07) is 71.2. The molecule has 34 nitrogen and oxygen atoms in total. The number of ether oxygens (including phenoxy) is 10. The van der Waals surface area contributed by atoms with Crippen molar-refractivity contribution in [1.29, 1.82) is 0 Å². The summed E-state index contributed by atoms with van der Waals surface area (Å²) in [6.45, 7) is 1.94. The maximum absolute atomic E-state index is 13.0. The second-order valence-corrected chi connectivity index (χ2v) is 32.8. The monoisotopic (exact) mass is 2070 g/mol. The minimum absolute atomic E-state index is 0. The van der Waals surface area contributed by atoms with Gasteiger partial charge in [-0.3, -0.25) is 52.7 Å². The summed E-state index contributed by atoms with van der Waals surface area (Å²) in [5.41, 5.74) is 3.04. The molecule has 0 bridgehead atoms. The van der Waals surface area contributed by atoms with Crippen LogP contribution in [0.5, 0.6) is 92.0 Å². The fourth-order valence-electron chi connectivity index (χ4n) is 14.1. The number of carboxylic acids is 6. The normalized spacial score (nSPS) is 10.2. The van der Waals surface area contributed by atoms with E-state index in [0.717, 1.165) is 32.1 Å². The van der Waals surface area contributed by atoms with Crippen molar-refractivity contribution in [2.45, 2.75) is 135 Å². The Morgan fingerprint density at radius 1 is 0.200 bits per heavy atom. The molecule has 0 saturated carbocycles. The second kappa shape index (κ2) is 67.1. The molecule has 0 atom stereocenters. The van der Waals surface area contributed by atoms with E-state index in [4.69, 9.17) is 72.9 Å². The van der Waals surface area contributed by atoms with Crippen LogP contribution < -0.4 is 82.0 Å². The van der Waals surface area contributed by atoms with Crippen molar-refractivity contribution in [3.63, 3.8) is 0 Å². The summed E-state index contributed by atoms with van der Waals surface area (Å²) in [7, 11) is 5.93. The van der Waals surface area contributed by atoms with Gasteiger partial charge in [-0.05, 0) is 253 Å². The van der Waals surface area contributed by atoms with E-state index in [1.165, 1.54) is 95.2 Å². The van der Waals surface area contributed by atoms with Crippen LogP contribution in [0.4, 0.5) is 0 Å². The molecule has 0 unspecified atom stereocenters. The number of aromatic hydroxyl groups is 6. The average Bonchev–Trinajstić information content (AvgIpc) is 0.832.